The molecular weight excluding hydrogens is 408 g/mol. The minimum Gasteiger partial charge on any atom is -0.370 e. The molecule has 31 heavy (non-hydrogen) atoms. The van der Waals surface area contributed by atoms with E-state index in [1.54, 1.807) is 16.8 Å². The van der Waals surface area contributed by atoms with Crippen LogP contribution in [0.5, 0.6) is 0 Å². The van der Waals surface area contributed by atoms with Crippen molar-refractivity contribution in [2.75, 3.05) is 19.7 Å². The number of hydrogen-bond acceptors (Lipinski definition) is 4. The quantitative estimate of drug-likeness (QED) is 0.622. The molecule has 3 aromatic rings. The van der Waals surface area contributed by atoms with E-state index in [-0.39, 0.29) is 17.1 Å². The van der Waals surface area contributed by atoms with E-state index < -0.39 is 0 Å². The summed E-state index contributed by atoms with van der Waals surface area (Å²) in [6, 6.07) is 17.9. The van der Waals surface area contributed by atoms with Gasteiger partial charge in [0.15, 0.2) is 0 Å². The first kappa shape index (κ1) is 20.2. The number of carbonyl (C=O) groups is 1. The van der Waals surface area contributed by atoms with Gasteiger partial charge in [0.05, 0.1) is 12.2 Å². The fourth-order valence-corrected chi connectivity index (χ4v) is 5.95. The predicted octanol–water partition coefficient (Wildman–Crippen LogP) is 4.06. The van der Waals surface area contributed by atoms with E-state index >= 15 is 0 Å². The summed E-state index contributed by atoms with van der Waals surface area (Å²) >= 11 is 1.88. The second-order valence-corrected chi connectivity index (χ2v) is 9.41. The lowest BCUT2D eigenvalue weighted by Crippen LogP contribution is -2.48. The largest absolute Gasteiger partial charge is 0.370 e. The molecule has 5 rings (SSSR count). The van der Waals surface area contributed by atoms with E-state index in [9.17, 15) is 9.59 Å². The number of thiophene rings is 1. The Labute approximate surface area is 185 Å². The maximum absolute atomic E-state index is 12.8. The van der Waals surface area contributed by atoms with Crippen LogP contribution in [0, 0.1) is 0 Å². The zero-order chi connectivity index (χ0) is 21.3. The van der Waals surface area contributed by atoms with Crippen LogP contribution in [0.3, 0.4) is 0 Å². The average molecular weight is 435 g/mol. The van der Waals surface area contributed by atoms with Gasteiger partial charge in [-0.2, -0.15) is 0 Å². The van der Waals surface area contributed by atoms with Crippen LogP contribution < -0.4 is 5.56 Å². The van der Waals surface area contributed by atoms with Gasteiger partial charge in [-0.15, -0.1) is 11.3 Å². The van der Waals surface area contributed by atoms with Crippen molar-refractivity contribution >= 4 is 17.2 Å². The molecule has 0 atom stereocenters. The Balaban J connectivity index is 1.27. The van der Waals surface area contributed by atoms with Gasteiger partial charge in [0.25, 0.3) is 5.56 Å². The molecule has 6 heteroatoms. The smallest absolute Gasteiger partial charge is 0.250 e. The number of aromatic nitrogens is 1. The van der Waals surface area contributed by atoms with E-state index in [0.717, 1.165) is 25.9 Å². The summed E-state index contributed by atoms with van der Waals surface area (Å²) in [5.74, 6) is 0.108. The Morgan fingerprint density at radius 1 is 1.06 bits per heavy atom. The topological polar surface area (TPSA) is 51.5 Å². The first-order valence-corrected chi connectivity index (χ1v) is 11.7. The lowest BCUT2D eigenvalue weighted by atomic mass is 9.82. The first-order valence-electron chi connectivity index (χ1n) is 10.9. The number of nitrogens with zero attached hydrogens (tertiary/aromatic N) is 2. The van der Waals surface area contributed by atoms with Crippen LogP contribution in [-0.4, -0.2) is 35.1 Å². The summed E-state index contributed by atoms with van der Waals surface area (Å²) in [6.07, 6.45) is 4.69. The Morgan fingerprint density at radius 2 is 1.84 bits per heavy atom. The maximum Gasteiger partial charge on any atom is 0.250 e. The SMILES string of the molecule is O=C(CCn1ccccc1=O)N1CCC2(CC1)OCCc1sc(-c3ccccc3)cc12. The number of rotatable bonds is 4. The molecule has 1 spiro atoms. The number of carbonyl (C=O) groups excluding carboxylic acids is 1. The minimum atomic E-state index is -0.274. The summed E-state index contributed by atoms with van der Waals surface area (Å²) in [5, 5.41) is 0. The fourth-order valence-electron chi connectivity index (χ4n) is 4.71. The van der Waals surface area contributed by atoms with Gasteiger partial charge < -0.3 is 14.2 Å². The van der Waals surface area contributed by atoms with Crippen molar-refractivity contribution in [3.05, 3.63) is 81.6 Å². The van der Waals surface area contributed by atoms with Crippen LogP contribution in [-0.2, 0) is 28.1 Å². The molecule has 1 fully saturated rings. The molecule has 5 nitrogen and oxygen atoms in total. The number of benzene rings is 1. The van der Waals surface area contributed by atoms with Crippen molar-refractivity contribution < 1.29 is 9.53 Å². The van der Waals surface area contributed by atoms with E-state index in [1.807, 2.05) is 28.4 Å². The first-order chi connectivity index (χ1) is 15.1. The highest BCUT2D eigenvalue weighted by atomic mass is 32.1. The summed E-state index contributed by atoms with van der Waals surface area (Å²) in [5.41, 5.74) is 2.23. The van der Waals surface area contributed by atoms with Gasteiger partial charge in [0, 0.05) is 54.5 Å². The number of aryl methyl sites for hydroxylation is 1. The maximum atomic E-state index is 12.8. The minimum absolute atomic E-state index is 0.0669. The number of piperidine rings is 1. The standard InChI is InChI=1S/C25H26N2O3S/c28-23-8-4-5-13-26(23)14-9-24(29)27-15-11-25(12-16-27)20-18-22(19-6-2-1-3-7-19)31-21(20)10-17-30-25/h1-8,13,18H,9-12,14-17H2. The van der Waals surface area contributed by atoms with Crippen molar-refractivity contribution in [2.45, 2.75) is 37.8 Å². The number of pyridine rings is 1. The highest BCUT2D eigenvalue weighted by Crippen LogP contribution is 2.46. The number of likely N-dealkylation sites (tertiary alicyclic amines) is 1. The highest BCUT2D eigenvalue weighted by molar-refractivity contribution is 7.15. The third kappa shape index (κ3) is 3.98. The Kier molecular flexibility index (Phi) is 5.50. The van der Waals surface area contributed by atoms with E-state index in [1.165, 1.54) is 26.9 Å². The van der Waals surface area contributed by atoms with E-state index in [2.05, 4.69) is 30.3 Å². The molecular formula is C25H26N2O3S. The number of fused-ring (bicyclic) bond motifs is 2. The summed E-state index contributed by atoms with van der Waals surface area (Å²) in [6.45, 7) is 2.55. The molecule has 0 bridgehead atoms. The zero-order valence-electron chi connectivity index (χ0n) is 17.5. The van der Waals surface area contributed by atoms with E-state index in [4.69, 9.17) is 4.74 Å². The molecule has 0 saturated carbocycles. The molecule has 0 unspecified atom stereocenters. The lowest BCUT2D eigenvalue weighted by Gasteiger charge is -2.44. The van der Waals surface area contributed by atoms with Crippen LogP contribution >= 0.6 is 11.3 Å². The number of hydrogen-bond donors (Lipinski definition) is 0. The Hall–Kier alpha value is -2.70. The van der Waals surface area contributed by atoms with Gasteiger partial charge in [0.1, 0.15) is 0 Å². The molecule has 0 radical (unpaired) electrons. The van der Waals surface area contributed by atoms with Gasteiger partial charge in [-0.05, 0) is 36.1 Å². The molecule has 2 aromatic heterocycles. The van der Waals surface area contributed by atoms with Crippen LogP contribution in [0.4, 0.5) is 0 Å². The molecule has 160 valence electrons. The van der Waals surface area contributed by atoms with E-state index in [0.29, 0.717) is 26.1 Å². The molecule has 4 heterocycles. The van der Waals surface area contributed by atoms with Crippen LogP contribution in [0.2, 0.25) is 0 Å². The van der Waals surface area contributed by atoms with Gasteiger partial charge in [0.2, 0.25) is 5.91 Å². The second kappa shape index (κ2) is 8.44. The number of amides is 1. The monoisotopic (exact) mass is 434 g/mol. The average Bonchev–Trinajstić information content (AvgIpc) is 3.26. The summed E-state index contributed by atoms with van der Waals surface area (Å²) < 4.78 is 7.97. The fraction of sp³-hybridized carbons (Fsp3) is 0.360. The van der Waals surface area contributed by atoms with Gasteiger partial charge in [-0.1, -0.05) is 36.4 Å². The molecule has 1 amide bonds. The van der Waals surface area contributed by atoms with Gasteiger partial charge in [-0.25, -0.2) is 0 Å². The van der Waals surface area contributed by atoms with Crippen molar-refractivity contribution in [2.24, 2.45) is 0 Å². The summed E-state index contributed by atoms with van der Waals surface area (Å²) in [4.78, 5) is 29.3. The molecule has 2 aliphatic rings. The molecule has 1 saturated heterocycles. The van der Waals surface area contributed by atoms with Gasteiger partial charge in [-0.3, -0.25) is 9.59 Å². The van der Waals surface area contributed by atoms with Crippen molar-refractivity contribution in [1.29, 1.82) is 0 Å². The normalized spacial score (nSPS) is 17.5. The molecule has 2 aliphatic heterocycles. The Morgan fingerprint density at radius 3 is 2.61 bits per heavy atom. The third-order valence-electron chi connectivity index (χ3n) is 6.46. The molecule has 0 N–H and O–H groups in total. The predicted molar refractivity (Wildman–Crippen MR) is 122 cm³/mol. The van der Waals surface area contributed by atoms with Crippen LogP contribution in [0.1, 0.15) is 29.7 Å². The van der Waals surface area contributed by atoms with Crippen molar-refractivity contribution in [3.63, 3.8) is 0 Å². The van der Waals surface area contributed by atoms with Crippen molar-refractivity contribution in [3.8, 4) is 10.4 Å². The molecule has 1 aromatic carbocycles. The van der Waals surface area contributed by atoms with Gasteiger partial charge >= 0.3 is 0 Å². The number of ether oxygens (including phenoxy) is 1. The lowest BCUT2D eigenvalue weighted by molar-refractivity contribution is -0.140. The zero-order valence-corrected chi connectivity index (χ0v) is 18.3. The molecule has 0 aliphatic carbocycles. The highest BCUT2D eigenvalue weighted by Gasteiger charge is 2.42. The Bertz CT molecular complexity index is 1130. The van der Waals surface area contributed by atoms with Crippen LogP contribution in [0.25, 0.3) is 10.4 Å². The summed E-state index contributed by atoms with van der Waals surface area (Å²) in [7, 11) is 0. The van der Waals surface area contributed by atoms with Crippen molar-refractivity contribution in [1.82, 2.24) is 9.47 Å². The van der Waals surface area contributed by atoms with Crippen LogP contribution in [0.15, 0.2) is 65.6 Å². The second-order valence-electron chi connectivity index (χ2n) is 8.27. The third-order valence-corrected chi connectivity index (χ3v) is 7.70.